The van der Waals surface area contributed by atoms with Crippen LogP contribution in [0.25, 0.3) is 6.08 Å². The number of nitrogens with two attached hydrogens (primary N) is 1. The average Bonchev–Trinajstić information content (AvgIpc) is 2.56. The van der Waals surface area contributed by atoms with Crippen LogP contribution in [-0.2, 0) is 4.79 Å². The van der Waals surface area contributed by atoms with Crippen LogP contribution >= 0.6 is 11.6 Å². The van der Waals surface area contributed by atoms with E-state index in [1.165, 1.54) is 6.08 Å². The van der Waals surface area contributed by atoms with Crippen LogP contribution in [-0.4, -0.2) is 19.6 Å². The summed E-state index contributed by atoms with van der Waals surface area (Å²) in [4.78, 5) is 12.0. The van der Waals surface area contributed by atoms with Crippen LogP contribution in [0.4, 0.5) is 11.4 Å². The highest BCUT2D eigenvalue weighted by Crippen LogP contribution is 2.28. The normalized spacial score (nSPS) is 10.6. The van der Waals surface area contributed by atoms with E-state index >= 15 is 0 Å². The molecule has 0 saturated heterocycles. The molecular weight excluding hydrogens is 328 g/mol. The van der Waals surface area contributed by atoms with Crippen LogP contribution < -0.4 is 20.5 Å². The molecule has 0 bridgehead atoms. The summed E-state index contributed by atoms with van der Waals surface area (Å²) < 4.78 is 10.7. The van der Waals surface area contributed by atoms with Gasteiger partial charge < -0.3 is 20.5 Å². The summed E-state index contributed by atoms with van der Waals surface area (Å²) in [6.45, 7) is 2.45. The number of rotatable bonds is 6. The van der Waals surface area contributed by atoms with Crippen molar-refractivity contribution < 1.29 is 14.3 Å². The molecule has 0 unspecified atom stereocenters. The van der Waals surface area contributed by atoms with Crippen molar-refractivity contribution in [1.29, 1.82) is 0 Å². The molecular formula is C18H19ClN2O3. The zero-order valence-corrected chi connectivity index (χ0v) is 14.3. The molecule has 2 aromatic carbocycles. The highest BCUT2D eigenvalue weighted by atomic mass is 35.5. The van der Waals surface area contributed by atoms with Crippen LogP contribution in [0.1, 0.15) is 12.5 Å². The second kappa shape index (κ2) is 8.26. The lowest BCUT2D eigenvalue weighted by Crippen LogP contribution is -2.09. The number of ether oxygens (including phenoxy) is 2. The molecule has 0 atom stereocenters. The molecule has 0 heterocycles. The van der Waals surface area contributed by atoms with Crippen molar-refractivity contribution in [2.45, 2.75) is 6.92 Å². The Balaban J connectivity index is 2.08. The number of methoxy groups -OCH3 is 1. The van der Waals surface area contributed by atoms with Crippen molar-refractivity contribution in [1.82, 2.24) is 0 Å². The number of benzene rings is 2. The minimum Gasteiger partial charge on any atom is -0.493 e. The fraction of sp³-hybridized carbons (Fsp3) is 0.167. The standard InChI is InChI=1S/C18H19ClN2O3/c1-3-24-16-8-4-12(10-17(16)23-2)5-9-18(22)21-15-7-6-13(19)11-14(15)20/h4-11H,3,20H2,1-2H3,(H,21,22)/b9-5+. The smallest absolute Gasteiger partial charge is 0.248 e. The molecule has 3 N–H and O–H groups in total. The molecule has 0 spiro atoms. The number of nitrogen functional groups attached to an aromatic ring is 1. The van der Waals surface area contributed by atoms with E-state index in [-0.39, 0.29) is 5.91 Å². The number of hydrogen-bond donors (Lipinski definition) is 2. The third kappa shape index (κ3) is 4.67. The SMILES string of the molecule is CCOc1ccc(/C=C/C(=O)Nc2ccc(Cl)cc2N)cc1OC. The number of anilines is 2. The maximum Gasteiger partial charge on any atom is 0.248 e. The van der Waals surface area contributed by atoms with Gasteiger partial charge in [0.25, 0.3) is 0 Å². The first-order valence-corrected chi connectivity index (χ1v) is 7.76. The Kier molecular flexibility index (Phi) is 6.09. The van der Waals surface area contributed by atoms with Gasteiger partial charge >= 0.3 is 0 Å². The summed E-state index contributed by atoms with van der Waals surface area (Å²) in [6.07, 6.45) is 3.10. The molecule has 2 aromatic rings. The van der Waals surface area contributed by atoms with E-state index in [1.54, 1.807) is 43.5 Å². The van der Waals surface area contributed by atoms with Gasteiger partial charge in [0.2, 0.25) is 5.91 Å². The van der Waals surface area contributed by atoms with Crippen LogP contribution in [0.5, 0.6) is 11.5 Å². The lowest BCUT2D eigenvalue weighted by atomic mass is 10.2. The van der Waals surface area contributed by atoms with Gasteiger partial charge in [-0.2, -0.15) is 0 Å². The lowest BCUT2D eigenvalue weighted by Gasteiger charge is -2.09. The van der Waals surface area contributed by atoms with E-state index in [0.29, 0.717) is 34.5 Å². The van der Waals surface area contributed by atoms with E-state index in [4.69, 9.17) is 26.8 Å². The molecule has 1 amide bonds. The van der Waals surface area contributed by atoms with Gasteiger partial charge in [-0.3, -0.25) is 4.79 Å². The summed E-state index contributed by atoms with van der Waals surface area (Å²) in [5, 5.41) is 3.22. The third-order valence-corrected chi connectivity index (χ3v) is 3.42. The van der Waals surface area contributed by atoms with Crippen molar-refractivity contribution in [3.05, 3.63) is 53.1 Å². The van der Waals surface area contributed by atoms with Gasteiger partial charge in [0.15, 0.2) is 11.5 Å². The Hall–Kier alpha value is -2.66. The quantitative estimate of drug-likeness (QED) is 0.613. The molecule has 126 valence electrons. The summed E-state index contributed by atoms with van der Waals surface area (Å²) in [7, 11) is 1.57. The molecule has 0 radical (unpaired) electrons. The van der Waals surface area contributed by atoms with Crippen molar-refractivity contribution in [3.8, 4) is 11.5 Å². The molecule has 0 aromatic heterocycles. The Morgan fingerprint density at radius 1 is 1.25 bits per heavy atom. The predicted molar refractivity (Wildman–Crippen MR) is 97.7 cm³/mol. The van der Waals surface area contributed by atoms with E-state index in [2.05, 4.69) is 5.32 Å². The number of carbonyl (C=O) groups is 1. The Morgan fingerprint density at radius 3 is 2.71 bits per heavy atom. The Morgan fingerprint density at radius 2 is 2.04 bits per heavy atom. The summed E-state index contributed by atoms with van der Waals surface area (Å²) >= 11 is 5.83. The van der Waals surface area contributed by atoms with E-state index < -0.39 is 0 Å². The molecule has 24 heavy (non-hydrogen) atoms. The number of hydrogen-bond acceptors (Lipinski definition) is 4. The first-order valence-electron chi connectivity index (χ1n) is 7.38. The second-order valence-corrected chi connectivity index (χ2v) is 5.33. The van der Waals surface area contributed by atoms with E-state index in [9.17, 15) is 4.79 Å². The highest BCUT2D eigenvalue weighted by Gasteiger charge is 2.05. The van der Waals surface area contributed by atoms with Crippen molar-refractivity contribution in [3.63, 3.8) is 0 Å². The molecule has 0 fully saturated rings. The fourth-order valence-corrected chi connectivity index (χ4v) is 2.24. The first-order chi connectivity index (χ1) is 11.5. The molecule has 0 aliphatic rings. The van der Waals surface area contributed by atoms with Gasteiger partial charge in [-0.05, 0) is 48.9 Å². The minimum atomic E-state index is -0.295. The van der Waals surface area contributed by atoms with Crippen molar-refractivity contribution >= 4 is 35.0 Å². The van der Waals surface area contributed by atoms with Crippen LogP contribution in [0.2, 0.25) is 5.02 Å². The van der Waals surface area contributed by atoms with Gasteiger partial charge in [-0.25, -0.2) is 0 Å². The van der Waals surface area contributed by atoms with E-state index in [0.717, 1.165) is 5.56 Å². The number of halogens is 1. The molecule has 6 heteroatoms. The monoisotopic (exact) mass is 346 g/mol. The summed E-state index contributed by atoms with van der Waals surface area (Å²) in [6, 6.07) is 10.3. The summed E-state index contributed by atoms with van der Waals surface area (Å²) in [5.41, 5.74) is 7.54. The topological polar surface area (TPSA) is 73.6 Å². The van der Waals surface area contributed by atoms with Crippen LogP contribution in [0.3, 0.4) is 0 Å². The number of nitrogens with one attached hydrogen (secondary N) is 1. The highest BCUT2D eigenvalue weighted by molar-refractivity contribution is 6.31. The van der Waals surface area contributed by atoms with Crippen molar-refractivity contribution in [2.75, 3.05) is 24.8 Å². The average molecular weight is 347 g/mol. The minimum absolute atomic E-state index is 0.295. The van der Waals surface area contributed by atoms with Gasteiger partial charge in [-0.1, -0.05) is 17.7 Å². The first kappa shape index (κ1) is 17.7. The number of amides is 1. The van der Waals surface area contributed by atoms with Crippen LogP contribution in [0.15, 0.2) is 42.5 Å². The van der Waals surface area contributed by atoms with Crippen molar-refractivity contribution in [2.24, 2.45) is 0 Å². The van der Waals surface area contributed by atoms with Crippen LogP contribution in [0, 0.1) is 0 Å². The zero-order valence-electron chi connectivity index (χ0n) is 13.5. The largest absolute Gasteiger partial charge is 0.493 e. The molecule has 5 nitrogen and oxygen atoms in total. The van der Waals surface area contributed by atoms with Gasteiger partial charge in [0.05, 0.1) is 25.1 Å². The molecule has 0 aliphatic carbocycles. The Labute approximate surface area is 146 Å². The maximum absolute atomic E-state index is 12.0. The van der Waals surface area contributed by atoms with Gasteiger partial charge in [0.1, 0.15) is 0 Å². The second-order valence-electron chi connectivity index (χ2n) is 4.90. The lowest BCUT2D eigenvalue weighted by molar-refractivity contribution is -0.111. The van der Waals surface area contributed by atoms with Gasteiger partial charge in [0, 0.05) is 11.1 Å². The zero-order chi connectivity index (χ0) is 17.5. The van der Waals surface area contributed by atoms with E-state index in [1.807, 2.05) is 13.0 Å². The van der Waals surface area contributed by atoms with Gasteiger partial charge in [-0.15, -0.1) is 0 Å². The molecule has 0 saturated carbocycles. The summed E-state index contributed by atoms with van der Waals surface area (Å²) in [5.74, 6) is 0.980. The maximum atomic E-state index is 12.0. The molecule has 0 aliphatic heterocycles. The fourth-order valence-electron chi connectivity index (χ4n) is 2.06. The third-order valence-electron chi connectivity index (χ3n) is 3.19. The molecule has 2 rings (SSSR count). The number of carbonyl (C=O) groups excluding carboxylic acids is 1. The predicted octanol–water partition coefficient (Wildman–Crippen LogP) is 3.98. The Bertz CT molecular complexity index is 760.